The van der Waals surface area contributed by atoms with Gasteiger partial charge in [0.2, 0.25) is 0 Å². The van der Waals surface area contributed by atoms with Crippen LogP contribution in [0.5, 0.6) is 5.75 Å². The molecule has 0 heterocycles. The van der Waals surface area contributed by atoms with Gasteiger partial charge in [0, 0.05) is 17.8 Å². The molecule has 0 radical (unpaired) electrons. The molecule has 1 atom stereocenters. The Morgan fingerprint density at radius 2 is 1.45 bits per heavy atom. The van der Waals surface area contributed by atoms with Crippen molar-refractivity contribution in [2.24, 2.45) is 0 Å². The number of benzene rings is 3. The zero-order valence-electron chi connectivity index (χ0n) is 16.5. The van der Waals surface area contributed by atoms with Crippen molar-refractivity contribution < 1.29 is 24.5 Å². The first-order valence-electron chi connectivity index (χ1n) is 9.18. The Bertz CT molecular complexity index is 923. The fourth-order valence-corrected chi connectivity index (χ4v) is 3.00. The Morgan fingerprint density at radius 1 is 0.862 bits per heavy atom. The lowest BCUT2D eigenvalue weighted by Gasteiger charge is -2.25. The molecule has 3 rings (SSSR count). The predicted octanol–water partition coefficient (Wildman–Crippen LogP) is 4.07. The molecule has 0 spiro atoms. The summed E-state index contributed by atoms with van der Waals surface area (Å²) in [6.07, 6.45) is 0.959. The average molecular weight is 395 g/mol. The van der Waals surface area contributed by atoms with Crippen LogP contribution in [0.15, 0.2) is 72.8 Å². The van der Waals surface area contributed by atoms with Crippen molar-refractivity contribution in [1.29, 1.82) is 0 Å². The van der Waals surface area contributed by atoms with Gasteiger partial charge in [0.25, 0.3) is 0 Å². The van der Waals surface area contributed by atoms with Gasteiger partial charge in [0.1, 0.15) is 5.75 Å². The van der Waals surface area contributed by atoms with Crippen molar-refractivity contribution in [3.8, 4) is 5.75 Å². The Balaban J connectivity index is 0.000000438. The maximum atomic E-state index is 9.10. The van der Waals surface area contributed by atoms with Crippen molar-refractivity contribution in [2.75, 3.05) is 20.7 Å². The molecule has 0 aliphatic carbocycles. The maximum absolute atomic E-state index is 9.10. The molecule has 2 N–H and O–H groups in total. The summed E-state index contributed by atoms with van der Waals surface area (Å²) in [6, 6.07) is 25.6. The molecule has 0 bridgehead atoms. The lowest BCUT2D eigenvalue weighted by atomic mass is 10.0. The first-order chi connectivity index (χ1) is 13.9. The first-order valence-corrected chi connectivity index (χ1v) is 9.18. The maximum Gasteiger partial charge on any atom is 0.414 e. The molecule has 0 amide bonds. The van der Waals surface area contributed by atoms with Crippen LogP contribution in [-0.4, -0.2) is 47.8 Å². The summed E-state index contributed by atoms with van der Waals surface area (Å²) in [4.78, 5) is 20.5. The van der Waals surface area contributed by atoms with Crippen LogP contribution in [0.3, 0.4) is 0 Å². The van der Waals surface area contributed by atoms with Gasteiger partial charge < -0.3 is 19.8 Å². The number of fused-ring (bicyclic) bond motifs is 1. The third kappa shape index (κ3) is 6.62. The molecule has 3 aromatic carbocycles. The summed E-state index contributed by atoms with van der Waals surface area (Å²) in [5.74, 6) is -2.68. The molecule has 0 aromatic heterocycles. The largest absolute Gasteiger partial charge is 0.493 e. The summed E-state index contributed by atoms with van der Waals surface area (Å²) in [5, 5.41) is 17.2. The van der Waals surface area contributed by atoms with Crippen molar-refractivity contribution >= 4 is 22.7 Å². The van der Waals surface area contributed by atoms with Crippen molar-refractivity contribution in [1.82, 2.24) is 4.90 Å². The second kappa shape index (κ2) is 10.8. The lowest BCUT2D eigenvalue weighted by molar-refractivity contribution is -0.159. The molecule has 6 heteroatoms. The summed E-state index contributed by atoms with van der Waals surface area (Å²) < 4.78 is 6.09. The number of hydrogen-bond acceptors (Lipinski definition) is 4. The predicted molar refractivity (Wildman–Crippen MR) is 112 cm³/mol. The quantitative estimate of drug-likeness (QED) is 0.612. The third-order valence-corrected chi connectivity index (χ3v) is 4.39. The van der Waals surface area contributed by atoms with Crippen LogP contribution in [0.1, 0.15) is 18.0 Å². The van der Waals surface area contributed by atoms with Gasteiger partial charge >= 0.3 is 11.9 Å². The van der Waals surface area contributed by atoms with Gasteiger partial charge in [-0.3, -0.25) is 0 Å². The highest BCUT2D eigenvalue weighted by molar-refractivity contribution is 6.27. The van der Waals surface area contributed by atoms with E-state index < -0.39 is 11.9 Å². The molecule has 3 aromatic rings. The summed E-state index contributed by atoms with van der Waals surface area (Å²) in [6.45, 7) is 0.700. The molecule has 0 aliphatic heterocycles. The number of carboxylic acid groups (broad SMARTS) is 2. The van der Waals surface area contributed by atoms with Crippen LogP contribution in [0.4, 0.5) is 0 Å². The Labute approximate surface area is 170 Å². The molecular formula is C23H25NO5. The molecule has 0 saturated heterocycles. The van der Waals surface area contributed by atoms with E-state index in [1.165, 1.54) is 16.3 Å². The molecule has 152 valence electrons. The highest BCUT2D eigenvalue weighted by Gasteiger charge is 2.14. The van der Waals surface area contributed by atoms with Gasteiger partial charge in [-0.25, -0.2) is 9.59 Å². The number of carbonyl (C=O) groups is 2. The Hall–Kier alpha value is -3.38. The molecule has 29 heavy (non-hydrogen) atoms. The normalized spacial score (nSPS) is 11.4. The minimum Gasteiger partial charge on any atom is -0.493 e. The number of hydrogen-bond donors (Lipinski definition) is 2. The van der Waals surface area contributed by atoms with Crippen LogP contribution in [0.2, 0.25) is 0 Å². The number of rotatable bonds is 6. The van der Waals surface area contributed by atoms with E-state index in [0.29, 0.717) is 12.6 Å². The van der Waals surface area contributed by atoms with Gasteiger partial charge in [-0.05, 0) is 31.1 Å². The van der Waals surface area contributed by atoms with E-state index in [1.807, 2.05) is 0 Å². The van der Waals surface area contributed by atoms with E-state index in [2.05, 4.69) is 91.8 Å². The fourth-order valence-electron chi connectivity index (χ4n) is 3.00. The van der Waals surface area contributed by atoms with Crippen LogP contribution in [0.25, 0.3) is 10.8 Å². The number of aliphatic carboxylic acids is 2. The van der Waals surface area contributed by atoms with E-state index in [1.54, 1.807) is 0 Å². The fraction of sp³-hybridized carbons (Fsp3) is 0.217. The molecule has 0 saturated carbocycles. The van der Waals surface area contributed by atoms with Gasteiger partial charge in [-0.2, -0.15) is 0 Å². The highest BCUT2D eigenvalue weighted by Crippen LogP contribution is 2.27. The second-order valence-electron chi connectivity index (χ2n) is 6.61. The minimum atomic E-state index is -1.82. The zero-order valence-corrected chi connectivity index (χ0v) is 16.5. The van der Waals surface area contributed by atoms with Crippen LogP contribution >= 0.6 is 0 Å². The second-order valence-corrected chi connectivity index (χ2v) is 6.61. The molecule has 0 aliphatic rings. The van der Waals surface area contributed by atoms with Gasteiger partial charge in [-0.15, -0.1) is 0 Å². The van der Waals surface area contributed by atoms with Crippen LogP contribution in [-0.2, 0) is 9.59 Å². The summed E-state index contributed by atoms with van der Waals surface area (Å²) in [7, 11) is 4.24. The van der Waals surface area contributed by atoms with Gasteiger partial charge in [-0.1, -0.05) is 66.7 Å². The SMILES string of the molecule is CN(C)C(CCOc1cccc2ccccc12)c1ccccc1.O=C(O)C(=O)O. The molecule has 1 unspecified atom stereocenters. The van der Waals surface area contributed by atoms with E-state index in [-0.39, 0.29) is 0 Å². The first kappa shape index (κ1) is 21.9. The minimum absolute atomic E-state index is 0.367. The third-order valence-electron chi connectivity index (χ3n) is 4.39. The van der Waals surface area contributed by atoms with Crippen molar-refractivity contribution in [2.45, 2.75) is 12.5 Å². The Morgan fingerprint density at radius 3 is 2.07 bits per heavy atom. The molecular weight excluding hydrogens is 370 g/mol. The summed E-state index contributed by atoms with van der Waals surface area (Å²) >= 11 is 0. The average Bonchev–Trinajstić information content (AvgIpc) is 2.72. The number of nitrogens with zero attached hydrogens (tertiary/aromatic N) is 1. The van der Waals surface area contributed by atoms with E-state index in [9.17, 15) is 0 Å². The van der Waals surface area contributed by atoms with E-state index in [0.717, 1.165) is 12.2 Å². The van der Waals surface area contributed by atoms with Gasteiger partial charge in [0.15, 0.2) is 0 Å². The van der Waals surface area contributed by atoms with E-state index >= 15 is 0 Å². The van der Waals surface area contributed by atoms with Gasteiger partial charge in [0.05, 0.1) is 6.61 Å². The zero-order chi connectivity index (χ0) is 21.2. The van der Waals surface area contributed by atoms with Crippen molar-refractivity contribution in [3.05, 3.63) is 78.4 Å². The highest BCUT2D eigenvalue weighted by atomic mass is 16.5. The smallest absolute Gasteiger partial charge is 0.414 e. The lowest BCUT2D eigenvalue weighted by Crippen LogP contribution is -2.22. The standard InChI is InChI=1S/C21H23NO.C2H2O4/c1-22(2)20(18-10-4-3-5-11-18)15-16-23-21-14-8-12-17-9-6-7-13-19(17)21;3-1(4)2(5)6/h3-14,20H,15-16H2,1-2H3;(H,3,4)(H,5,6). The monoisotopic (exact) mass is 395 g/mol. The number of carboxylic acids is 2. The number of ether oxygens (including phenoxy) is 1. The molecule has 0 fully saturated rings. The summed E-state index contributed by atoms with van der Waals surface area (Å²) in [5.41, 5.74) is 1.33. The van der Waals surface area contributed by atoms with Crippen LogP contribution < -0.4 is 4.74 Å². The molecule has 6 nitrogen and oxygen atoms in total. The van der Waals surface area contributed by atoms with E-state index in [4.69, 9.17) is 24.5 Å². The topological polar surface area (TPSA) is 87.1 Å². The van der Waals surface area contributed by atoms with Crippen molar-refractivity contribution in [3.63, 3.8) is 0 Å². The Kier molecular flexibility index (Phi) is 8.18. The van der Waals surface area contributed by atoms with Crippen LogP contribution in [0, 0.1) is 0 Å².